The first kappa shape index (κ1) is 11.3. The zero-order valence-electron chi connectivity index (χ0n) is 9.81. The number of nitrogens with zero attached hydrogens (tertiary/aromatic N) is 2. The summed E-state index contributed by atoms with van der Waals surface area (Å²) in [6.07, 6.45) is 1.82. The Bertz CT molecular complexity index is 764. The Kier molecular flexibility index (Phi) is 2.45. The number of rotatable bonds is 1. The van der Waals surface area contributed by atoms with Gasteiger partial charge in [0.25, 0.3) is 0 Å². The minimum absolute atomic E-state index is 0.180. The molecule has 0 atom stereocenters. The molecule has 1 aromatic carbocycles. The summed E-state index contributed by atoms with van der Waals surface area (Å²) >= 11 is 3.47. The number of hydrogen-bond donors (Lipinski definition) is 2. The van der Waals surface area contributed by atoms with E-state index in [4.69, 9.17) is 5.73 Å². The van der Waals surface area contributed by atoms with Crippen LogP contribution in [0.25, 0.3) is 21.8 Å². The third kappa shape index (κ3) is 1.40. The van der Waals surface area contributed by atoms with Crippen molar-refractivity contribution in [2.75, 3.05) is 5.73 Å². The van der Waals surface area contributed by atoms with Crippen LogP contribution in [0.3, 0.4) is 0 Å². The van der Waals surface area contributed by atoms with Crippen molar-refractivity contribution in [3.63, 3.8) is 0 Å². The molecule has 0 unspecified atom stereocenters. The van der Waals surface area contributed by atoms with Crippen LogP contribution in [0.4, 0.5) is 5.69 Å². The quantitative estimate of drug-likeness (QED) is 0.725. The second-order valence-electron chi connectivity index (χ2n) is 4.16. The van der Waals surface area contributed by atoms with Crippen molar-refractivity contribution in [1.82, 2.24) is 9.55 Å². The standard InChI is InChI=1S/C13H12BrN3O/c1-2-17-6-9-10(13(17)18)11(15)7-4-3-5-8(14)12(7)16-9/h3-6,18H,2,15H2,1H3. The number of hydrogen-bond acceptors (Lipinski definition) is 3. The van der Waals surface area contributed by atoms with Crippen LogP contribution in [-0.4, -0.2) is 14.7 Å². The molecule has 0 amide bonds. The van der Waals surface area contributed by atoms with Gasteiger partial charge in [0.2, 0.25) is 5.88 Å². The van der Waals surface area contributed by atoms with Gasteiger partial charge in [-0.05, 0) is 28.9 Å². The molecule has 3 aromatic rings. The van der Waals surface area contributed by atoms with Crippen molar-refractivity contribution in [3.8, 4) is 5.88 Å². The first-order valence-electron chi connectivity index (χ1n) is 5.69. The number of benzene rings is 1. The molecule has 0 fully saturated rings. The molecule has 18 heavy (non-hydrogen) atoms. The molecule has 0 saturated carbocycles. The molecule has 0 radical (unpaired) electrons. The number of nitrogen functional groups attached to an aromatic ring is 1. The number of fused-ring (bicyclic) bond motifs is 2. The second-order valence-corrected chi connectivity index (χ2v) is 5.01. The van der Waals surface area contributed by atoms with Crippen LogP contribution in [0.15, 0.2) is 28.9 Å². The summed E-state index contributed by atoms with van der Waals surface area (Å²) in [5, 5.41) is 11.6. The normalized spacial score (nSPS) is 11.4. The average molecular weight is 306 g/mol. The maximum atomic E-state index is 10.1. The fourth-order valence-corrected chi connectivity index (χ4v) is 2.67. The third-order valence-corrected chi connectivity index (χ3v) is 3.79. The number of para-hydroxylation sites is 1. The smallest absolute Gasteiger partial charge is 0.202 e. The summed E-state index contributed by atoms with van der Waals surface area (Å²) in [5.41, 5.74) is 8.26. The minimum Gasteiger partial charge on any atom is -0.494 e. The maximum absolute atomic E-state index is 10.1. The zero-order valence-corrected chi connectivity index (χ0v) is 11.4. The monoisotopic (exact) mass is 305 g/mol. The van der Waals surface area contributed by atoms with Crippen molar-refractivity contribution in [2.45, 2.75) is 13.5 Å². The molecule has 0 aliphatic heterocycles. The van der Waals surface area contributed by atoms with Gasteiger partial charge in [0.15, 0.2) is 0 Å². The molecule has 0 bridgehead atoms. The SMILES string of the molecule is CCn1cc2nc3c(Br)cccc3c(N)c2c1O. The molecule has 0 aliphatic carbocycles. The first-order chi connectivity index (χ1) is 8.63. The summed E-state index contributed by atoms with van der Waals surface area (Å²) in [6.45, 7) is 2.64. The van der Waals surface area contributed by atoms with E-state index in [1.807, 2.05) is 31.3 Å². The Morgan fingerprint density at radius 3 is 2.94 bits per heavy atom. The summed E-state index contributed by atoms with van der Waals surface area (Å²) in [5.74, 6) is 0.180. The number of aromatic nitrogens is 2. The lowest BCUT2D eigenvalue weighted by Gasteiger charge is -2.05. The number of pyridine rings is 1. The van der Waals surface area contributed by atoms with Crippen LogP contribution in [0.5, 0.6) is 5.88 Å². The highest BCUT2D eigenvalue weighted by Gasteiger charge is 2.15. The van der Waals surface area contributed by atoms with Crippen LogP contribution in [0, 0.1) is 0 Å². The molecule has 0 spiro atoms. The van der Waals surface area contributed by atoms with E-state index in [2.05, 4.69) is 20.9 Å². The van der Waals surface area contributed by atoms with Crippen molar-refractivity contribution in [2.24, 2.45) is 0 Å². The molecule has 0 aliphatic rings. The van der Waals surface area contributed by atoms with Crippen molar-refractivity contribution in [1.29, 1.82) is 0 Å². The largest absolute Gasteiger partial charge is 0.494 e. The van der Waals surface area contributed by atoms with E-state index in [-0.39, 0.29) is 5.88 Å². The predicted molar refractivity (Wildman–Crippen MR) is 76.7 cm³/mol. The van der Waals surface area contributed by atoms with E-state index in [1.54, 1.807) is 4.57 Å². The van der Waals surface area contributed by atoms with Gasteiger partial charge in [-0.25, -0.2) is 4.98 Å². The molecule has 5 heteroatoms. The van der Waals surface area contributed by atoms with Crippen molar-refractivity contribution >= 4 is 43.4 Å². The Balaban J connectivity index is 2.55. The Labute approximate surface area is 112 Å². The van der Waals surface area contributed by atoms with Gasteiger partial charge in [-0.3, -0.25) is 0 Å². The summed E-state index contributed by atoms with van der Waals surface area (Å²) in [4.78, 5) is 4.56. The topological polar surface area (TPSA) is 64.1 Å². The van der Waals surface area contributed by atoms with Gasteiger partial charge in [-0.1, -0.05) is 12.1 Å². The summed E-state index contributed by atoms with van der Waals surface area (Å²) in [7, 11) is 0. The molecular formula is C13H12BrN3O. The van der Waals surface area contributed by atoms with E-state index in [9.17, 15) is 5.11 Å². The van der Waals surface area contributed by atoms with E-state index in [0.29, 0.717) is 23.1 Å². The van der Waals surface area contributed by atoms with Gasteiger partial charge in [0.1, 0.15) is 0 Å². The molecule has 4 nitrogen and oxygen atoms in total. The Hall–Kier alpha value is -1.75. The summed E-state index contributed by atoms with van der Waals surface area (Å²) in [6, 6.07) is 5.74. The van der Waals surface area contributed by atoms with Crippen molar-refractivity contribution in [3.05, 3.63) is 28.9 Å². The first-order valence-corrected chi connectivity index (χ1v) is 6.48. The molecule has 2 aromatic heterocycles. The molecule has 3 N–H and O–H groups in total. The molecule has 92 valence electrons. The van der Waals surface area contributed by atoms with Crippen LogP contribution in [0.1, 0.15) is 6.92 Å². The van der Waals surface area contributed by atoms with Gasteiger partial charge in [-0.15, -0.1) is 0 Å². The lowest BCUT2D eigenvalue weighted by molar-refractivity contribution is 0.427. The number of nitrogens with two attached hydrogens (primary N) is 1. The maximum Gasteiger partial charge on any atom is 0.202 e. The molecular weight excluding hydrogens is 294 g/mol. The second kappa shape index (κ2) is 3.88. The highest BCUT2D eigenvalue weighted by Crippen LogP contribution is 2.37. The van der Waals surface area contributed by atoms with Gasteiger partial charge in [0.05, 0.1) is 22.1 Å². The number of halogens is 1. The van der Waals surface area contributed by atoms with Gasteiger partial charge in [-0.2, -0.15) is 0 Å². The van der Waals surface area contributed by atoms with E-state index >= 15 is 0 Å². The van der Waals surface area contributed by atoms with Gasteiger partial charge < -0.3 is 15.4 Å². The molecule has 0 saturated heterocycles. The molecule has 3 rings (SSSR count). The zero-order chi connectivity index (χ0) is 12.9. The van der Waals surface area contributed by atoms with Gasteiger partial charge >= 0.3 is 0 Å². The highest BCUT2D eigenvalue weighted by atomic mass is 79.9. The van der Waals surface area contributed by atoms with E-state index in [0.717, 1.165) is 15.4 Å². The third-order valence-electron chi connectivity index (χ3n) is 3.15. The van der Waals surface area contributed by atoms with Crippen molar-refractivity contribution < 1.29 is 5.11 Å². The average Bonchev–Trinajstić information content (AvgIpc) is 2.68. The molecule has 2 heterocycles. The summed E-state index contributed by atoms with van der Waals surface area (Å²) < 4.78 is 2.64. The van der Waals surface area contributed by atoms with E-state index < -0.39 is 0 Å². The number of anilines is 1. The lowest BCUT2D eigenvalue weighted by atomic mass is 10.1. The van der Waals surface area contributed by atoms with Crippen LogP contribution < -0.4 is 5.73 Å². The van der Waals surface area contributed by atoms with Crippen LogP contribution >= 0.6 is 15.9 Å². The highest BCUT2D eigenvalue weighted by molar-refractivity contribution is 9.10. The fourth-order valence-electron chi connectivity index (χ4n) is 2.22. The Morgan fingerprint density at radius 1 is 1.44 bits per heavy atom. The van der Waals surface area contributed by atoms with E-state index in [1.165, 1.54) is 0 Å². The minimum atomic E-state index is 0.180. The fraction of sp³-hybridized carbons (Fsp3) is 0.154. The lowest BCUT2D eigenvalue weighted by Crippen LogP contribution is -1.92. The predicted octanol–water partition coefficient (Wildman–Crippen LogP) is 3.26. The van der Waals surface area contributed by atoms with Crippen LogP contribution in [0.2, 0.25) is 0 Å². The number of aromatic hydroxyl groups is 1. The van der Waals surface area contributed by atoms with Gasteiger partial charge in [0, 0.05) is 22.6 Å². The van der Waals surface area contributed by atoms with Crippen LogP contribution in [-0.2, 0) is 6.54 Å². The Morgan fingerprint density at radius 2 is 2.22 bits per heavy atom. The number of aryl methyl sites for hydroxylation is 1.